The van der Waals surface area contributed by atoms with Crippen LogP contribution < -0.4 is 0 Å². The summed E-state index contributed by atoms with van der Waals surface area (Å²) in [6.07, 6.45) is 0. The minimum atomic E-state index is 0.524. The Balaban J connectivity index is 3.48. The van der Waals surface area contributed by atoms with Crippen LogP contribution in [-0.4, -0.2) is 0 Å². The molecule has 1 aromatic carbocycles. The molecule has 0 heteroatoms. The van der Waals surface area contributed by atoms with Crippen LogP contribution in [0.3, 0.4) is 0 Å². The zero-order valence-electron chi connectivity index (χ0n) is 10.2. The minimum Gasteiger partial charge on any atom is -0.0955 e. The van der Waals surface area contributed by atoms with Crippen molar-refractivity contribution in [1.82, 2.24) is 0 Å². The molecule has 0 radical (unpaired) electrons. The quantitative estimate of drug-likeness (QED) is 0.652. The molecule has 0 aliphatic heterocycles. The van der Waals surface area contributed by atoms with Gasteiger partial charge < -0.3 is 0 Å². The van der Waals surface area contributed by atoms with Gasteiger partial charge in [0.25, 0.3) is 0 Å². The maximum atomic E-state index is 4.07. The Labute approximate surface area is 93.3 Å². The summed E-state index contributed by atoms with van der Waals surface area (Å²) in [5, 5.41) is 0. The third-order valence-electron chi connectivity index (χ3n) is 2.61. The van der Waals surface area contributed by atoms with Crippen molar-refractivity contribution in [3.8, 4) is 0 Å². The highest BCUT2D eigenvalue weighted by Gasteiger charge is 2.11. The predicted molar refractivity (Wildman–Crippen MR) is 69.9 cm³/mol. The second kappa shape index (κ2) is 4.48. The molecule has 0 nitrogen and oxygen atoms in total. The Morgan fingerprint density at radius 2 is 1.67 bits per heavy atom. The number of allylic oxidation sites excluding steroid dienone is 2. The summed E-state index contributed by atoms with van der Waals surface area (Å²) in [6, 6.07) is 6.41. The van der Waals surface area contributed by atoms with Crippen LogP contribution in [0.15, 0.2) is 31.4 Å². The third kappa shape index (κ3) is 2.38. The summed E-state index contributed by atoms with van der Waals surface area (Å²) in [5.41, 5.74) is 6.10. The maximum Gasteiger partial charge on any atom is -0.0123 e. The van der Waals surface area contributed by atoms with Gasteiger partial charge in [-0.05, 0) is 36.5 Å². The molecule has 80 valence electrons. The molecule has 0 unspecified atom stereocenters. The number of rotatable bonds is 3. The second-order valence-corrected chi connectivity index (χ2v) is 4.49. The summed E-state index contributed by atoms with van der Waals surface area (Å²) in [6.45, 7) is 16.6. The molecule has 0 heterocycles. The van der Waals surface area contributed by atoms with Crippen LogP contribution in [0.5, 0.6) is 0 Å². The van der Waals surface area contributed by atoms with Gasteiger partial charge in [0, 0.05) is 0 Å². The topological polar surface area (TPSA) is 0 Å². The monoisotopic (exact) mass is 200 g/mol. The first-order chi connectivity index (χ1) is 6.95. The van der Waals surface area contributed by atoms with E-state index >= 15 is 0 Å². The first-order valence-corrected chi connectivity index (χ1v) is 5.39. The summed E-state index contributed by atoms with van der Waals surface area (Å²) >= 11 is 0. The first kappa shape index (κ1) is 11.8. The van der Waals surface area contributed by atoms with Crippen LogP contribution in [0.2, 0.25) is 0 Å². The Kier molecular flexibility index (Phi) is 3.52. The van der Waals surface area contributed by atoms with Gasteiger partial charge in [0.05, 0.1) is 0 Å². The van der Waals surface area contributed by atoms with E-state index in [2.05, 4.69) is 52.1 Å². The van der Waals surface area contributed by atoms with Crippen molar-refractivity contribution >= 4 is 11.1 Å². The molecule has 0 atom stereocenters. The van der Waals surface area contributed by atoms with E-state index in [1.165, 1.54) is 16.7 Å². The normalized spacial score (nSPS) is 10.5. The van der Waals surface area contributed by atoms with Crippen molar-refractivity contribution in [2.45, 2.75) is 33.6 Å². The molecule has 0 amide bonds. The summed E-state index contributed by atoms with van der Waals surface area (Å²) in [5.74, 6) is 0.524. The Bertz CT molecular complexity index is 394. The largest absolute Gasteiger partial charge is 0.0955 e. The van der Waals surface area contributed by atoms with E-state index in [0.717, 1.165) is 11.1 Å². The molecule has 0 N–H and O–H groups in total. The SMILES string of the molecule is C=C(C)c1cccc(C(C)C)c1C(=C)C. The lowest BCUT2D eigenvalue weighted by Crippen LogP contribution is -1.98. The lowest BCUT2D eigenvalue weighted by molar-refractivity contribution is 0.862. The maximum absolute atomic E-state index is 4.07. The van der Waals surface area contributed by atoms with Crippen molar-refractivity contribution in [2.24, 2.45) is 0 Å². The summed E-state index contributed by atoms with van der Waals surface area (Å²) in [4.78, 5) is 0. The third-order valence-corrected chi connectivity index (χ3v) is 2.61. The van der Waals surface area contributed by atoms with E-state index in [4.69, 9.17) is 0 Å². The van der Waals surface area contributed by atoms with Crippen LogP contribution in [0.1, 0.15) is 50.3 Å². The van der Waals surface area contributed by atoms with Crippen LogP contribution in [0.4, 0.5) is 0 Å². The molecular weight excluding hydrogens is 180 g/mol. The van der Waals surface area contributed by atoms with Crippen LogP contribution in [-0.2, 0) is 0 Å². The van der Waals surface area contributed by atoms with E-state index in [9.17, 15) is 0 Å². The fraction of sp³-hybridized carbons (Fsp3) is 0.333. The molecule has 0 bridgehead atoms. The van der Waals surface area contributed by atoms with Crippen LogP contribution in [0, 0.1) is 0 Å². The Hall–Kier alpha value is -1.30. The average Bonchev–Trinajstić information content (AvgIpc) is 2.16. The molecule has 0 aliphatic carbocycles. The van der Waals surface area contributed by atoms with E-state index < -0.39 is 0 Å². The molecule has 1 rings (SSSR count). The van der Waals surface area contributed by atoms with Crippen molar-refractivity contribution in [3.05, 3.63) is 48.0 Å². The molecule has 1 aromatic rings. The van der Waals surface area contributed by atoms with Gasteiger partial charge in [-0.15, -0.1) is 0 Å². The van der Waals surface area contributed by atoms with Gasteiger partial charge in [-0.25, -0.2) is 0 Å². The van der Waals surface area contributed by atoms with E-state index in [0.29, 0.717) is 5.92 Å². The predicted octanol–water partition coefficient (Wildman–Crippen LogP) is 4.88. The van der Waals surface area contributed by atoms with Gasteiger partial charge in [-0.2, -0.15) is 0 Å². The standard InChI is InChI=1S/C15H20/c1-10(2)13-8-7-9-14(11(3)4)15(13)12(5)6/h7-9,11H,1,5H2,2-4,6H3. The molecule has 0 spiro atoms. The van der Waals surface area contributed by atoms with Gasteiger partial charge >= 0.3 is 0 Å². The van der Waals surface area contributed by atoms with Crippen LogP contribution in [0.25, 0.3) is 11.1 Å². The summed E-state index contributed by atoms with van der Waals surface area (Å²) in [7, 11) is 0. The second-order valence-electron chi connectivity index (χ2n) is 4.49. The molecule has 15 heavy (non-hydrogen) atoms. The lowest BCUT2D eigenvalue weighted by atomic mass is 9.88. The number of hydrogen-bond donors (Lipinski definition) is 0. The smallest absolute Gasteiger partial charge is 0.0123 e. The van der Waals surface area contributed by atoms with Gasteiger partial charge in [0.15, 0.2) is 0 Å². The molecule has 0 saturated heterocycles. The highest BCUT2D eigenvalue weighted by molar-refractivity contribution is 5.78. The van der Waals surface area contributed by atoms with E-state index in [1.54, 1.807) is 0 Å². The highest BCUT2D eigenvalue weighted by atomic mass is 14.2. The van der Waals surface area contributed by atoms with Gasteiger partial charge in [-0.1, -0.05) is 56.4 Å². The van der Waals surface area contributed by atoms with E-state index in [1.807, 2.05) is 6.92 Å². The fourth-order valence-electron chi connectivity index (χ4n) is 1.88. The minimum absolute atomic E-state index is 0.524. The lowest BCUT2D eigenvalue weighted by Gasteiger charge is -2.17. The van der Waals surface area contributed by atoms with Crippen LogP contribution >= 0.6 is 0 Å². The van der Waals surface area contributed by atoms with Crippen molar-refractivity contribution in [1.29, 1.82) is 0 Å². The number of benzene rings is 1. The molecular formula is C15H20. The van der Waals surface area contributed by atoms with Crippen molar-refractivity contribution in [2.75, 3.05) is 0 Å². The fourth-order valence-corrected chi connectivity index (χ4v) is 1.88. The summed E-state index contributed by atoms with van der Waals surface area (Å²) < 4.78 is 0. The first-order valence-electron chi connectivity index (χ1n) is 5.39. The molecule has 0 fully saturated rings. The Morgan fingerprint density at radius 3 is 2.07 bits per heavy atom. The van der Waals surface area contributed by atoms with Gasteiger partial charge in [-0.3, -0.25) is 0 Å². The Morgan fingerprint density at radius 1 is 1.07 bits per heavy atom. The zero-order valence-corrected chi connectivity index (χ0v) is 10.2. The molecule has 0 saturated carbocycles. The molecule has 0 aliphatic rings. The highest BCUT2D eigenvalue weighted by Crippen LogP contribution is 2.31. The van der Waals surface area contributed by atoms with Crippen molar-refractivity contribution in [3.63, 3.8) is 0 Å². The van der Waals surface area contributed by atoms with Gasteiger partial charge in [0.2, 0.25) is 0 Å². The average molecular weight is 200 g/mol. The zero-order chi connectivity index (χ0) is 11.6. The van der Waals surface area contributed by atoms with Gasteiger partial charge in [0.1, 0.15) is 0 Å². The number of hydrogen-bond acceptors (Lipinski definition) is 0. The van der Waals surface area contributed by atoms with E-state index in [-0.39, 0.29) is 0 Å². The van der Waals surface area contributed by atoms with Crippen molar-refractivity contribution < 1.29 is 0 Å². The molecule has 0 aromatic heterocycles.